The number of amides is 1. The smallest absolute Gasteiger partial charge is 0.496 e. The van der Waals surface area contributed by atoms with E-state index >= 15 is 0 Å². The Morgan fingerprint density at radius 1 is 0.696 bits per heavy atom. The summed E-state index contributed by atoms with van der Waals surface area (Å²) >= 11 is 0. The zero-order valence-electron chi connectivity index (χ0n) is 23.3. The highest BCUT2D eigenvalue weighted by Gasteiger charge is 2.41. The molecule has 0 aliphatic carbocycles. The van der Waals surface area contributed by atoms with Crippen LogP contribution in [0, 0.1) is 5.82 Å². The molecule has 0 aliphatic rings. The molecule has 46 heavy (non-hydrogen) atoms. The predicted molar refractivity (Wildman–Crippen MR) is 143 cm³/mol. The van der Waals surface area contributed by atoms with Gasteiger partial charge >= 0.3 is 18.9 Å². The van der Waals surface area contributed by atoms with Crippen molar-refractivity contribution in [2.75, 3.05) is 7.11 Å². The van der Waals surface area contributed by atoms with Gasteiger partial charge < -0.3 is 19.5 Å². The molecule has 0 unspecified atom stereocenters. The van der Waals surface area contributed by atoms with E-state index in [0.29, 0.717) is 6.07 Å². The van der Waals surface area contributed by atoms with Crippen LogP contribution in [0.1, 0.15) is 32.6 Å². The minimum absolute atomic E-state index is 0.188. The topological polar surface area (TPSA) is 56.8 Å². The third kappa shape index (κ3) is 8.20. The third-order valence-electron chi connectivity index (χ3n) is 6.63. The molecule has 15 heteroatoms. The van der Waals surface area contributed by atoms with Gasteiger partial charge in [-0.3, -0.25) is 4.79 Å². The first-order valence-corrected chi connectivity index (χ1v) is 12.9. The minimum atomic E-state index is -5.21. The van der Waals surface area contributed by atoms with E-state index < -0.39 is 65.2 Å². The number of rotatable bonds is 9. The number of hydrogen-bond acceptors (Lipinski definition) is 4. The molecular weight excluding hydrogens is 640 g/mol. The number of carbonyl (C=O) groups is 1. The number of ether oxygens (including phenoxy) is 3. The first-order valence-electron chi connectivity index (χ1n) is 12.9. The van der Waals surface area contributed by atoms with Gasteiger partial charge in [0.15, 0.2) is 0 Å². The van der Waals surface area contributed by atoms with Gasteiger partial charge in [0.1, 0.15) is 23.1 Å². The molecule has 0 radical (unpaired) electrons. The molecular formula is C31H21F10NO4. The fourth-order valence-electron chi connectivity index (χ4n) is 4.76. The van der Waals surface area contributed by atoms with Crippen LogP contribution in [-0.2, 0) is 18.1 Å². The highest BCUT2D eigenvalue weighted by atomic mass is 19.4. The molecule has 0 saturated carbocycles. The zero-order valence-corrected chi connectivity index (χ0v) is 23.3. The number of alkyl halides is 9. The Bertz CT molecular complexity index is 1640. The normalized spacial score (nSPS) is 12.4. The second-order valence-electron chi connectivity index (χ2n) is 9.69. The maximum Gasteiger partial charge on any atom is 0.573 e. The fraction of sp³-hybridized carbons (Fsp3) is 0.194. The number of benzene rings is 4. The Labute approximate surface area is 254 Å². The van der Waals surface area contributed by atoms with Crippen molar-refractivity contribution in [1.29, 1.82) is 0 Å². The summed E-state index contributed by atoms with van der Waals surface area (Å²) in [4.78, 5) is 13.7. The zero-order chi connectivity index (χ0) is 33.9. The van der Waals surface area contributed by atoms with Crippen molar-refractivity contribution in [3.05, 3.63) is 125 Å². The average molecular weight is 661 g/mol. The molecule has 4 rings (SSSR count). The van der Waals surface area contributed by atoms with Crippen LogP contribution in [0.25, 0.3) is 0 Å². The van der Waals surface area contributed by atoms with Gasteiger partial charge in [0.05, 0.1) is 18.2 Å². The molecule has 0 spiro atoms. The molecule has 0 aliphatic heterocycles. The molecule has 4 aromatic carbocycles. The largest absolute Gasteiger partial charge is 0.573 e. The summed E-state index contributed by atoms with van der Waals surface area (Å²) in [5.41, 5.74) is -4.77. The van der Waals surface area contributed by atoms with Gasteiger partial charge in [0, 0.05) is 12.0 Å². The summed E-state index contributed by atoms with van der Waals surface area (Å²) in [6.07, 6.45) is -16.0. The number of nitrogens with one attached hydrogen (secondary N) is 1. The Morgan fingerprint density at radius 2 is 1.24 bits per heavy atom. The SMILES string of the molecule is COc1ccccc1CC(NC(=O)c1ccc(F)c(C(F)(F)F)c1)(c1cccc(OC(F)(F)F)c1)c1cccc(OC(F)(F)F)c1. The Morgan fingerprint density at radius 3 is 1.74 bits per heavy atom. The van der Waals surface area contributed by atoms with E-state index in [0.717, 1.165) is 42.5 Å². The van der Waals surface area contributed by atoms with E-state index in [1.54, 1.807) is 6.07 Å². The van der Waals surface area contributed by atoms with E-state index in [4.69, 9.17) is 4.74 Å². The van der Waals surface area contributed by atoms with Crippen LogP contribution in [0.15, 0.2) is 91.0 Å². The molecule has 5 nitrogen and oxygen atoms in total. The highest BCUT2D eigenvalue weighted by molar-refractivity contribution is 5.95. The Kier molecular flexibility index (Phi) is 9.45. The monoisotopic (exact) mass is 661 g/mol. The van der Waals surface area contributed by atoms with Gasteiger partial charge in [-0.1, -0.05) is 42.5 Å². The molecule has 1 N–H and O–H groups in total. The average Bonchev–Trinajstić information content (AvgIpc) is 2.95. The predicted octanol–water partition coefficient (Wildman–Crippen LogP) is 8.57. The van der Waals surface area contributed by atoms with Crippen molar-refractivity contribution in [3.63, 3.8) is 0 Å². The molecule has 244 valence electrons. The number of hydrogen-bond donors (Lipinski definition) is 1. The summed E-state index contributed by atoms with van der Waals surface area (Å²) in [7, 11) is 1.28. The van der Waals surface area contributed by atoms with Crippen LogP contribution in [0.3, 0.4) is 0 Å². The van der Waals surface area contributed by atoms with Crippen molar-refractivity contribution in [3.8, 4) is 17.2 Å². The van der Waals surface area contributed by atoms with Crippen LogP contribution < -0.4 is 19.5 Å². The number of para-hydroxylation sites is 1. The lowest BCUT2D eigenvalue weighted by Gasteiger charge is -2.37. The summed E-state index contributed by atoms with van der Waals surface area (Å²) in [6.45, 7) is 0. The quantitative estimate of drug-likeness (QED) is 0.183. The lowest BCUT2D eigenvalue weighted by molar-refractivity contribution is -0.275. The van der Waals surface area contributed by atoms with Crippen molar-refractivity contribution in [2.45, 2.75) is 30.9 Å². The summed E-state index contributed by atoms with van der Waals surface area (Å²) < 4.78 is 147. The van der Waals surface area contributed by atoms with Crippen molar-refractivity contribution in [1.82, 2.24) is 5.32 Å². The van der Waals surface area contributed by atoms with E-state index in [2.05, 4.69) is 14.8 Å². The molecule has 1 amide bonds. The van der Waals surface area contributed by atoms with Gasteiger partial charge in [-0.2, -0.15) is 13.2 Å². The number of carbonyl (C=O) groups excluding carboxylic acids is 1. The second-order valence-corrected chi connectivity index (χ2v) is 9.69. The van der Waals surface area contributed by atoms with Crippen molar-refractivity contribution in [2.24, 2.45) is 0 Å². The third-order valence-corrected chi connectivity index (χ3v) is 6.63. The lowest BCUT2D eigenvalue weighted by atomic mass is 9.77. The Hall–Kier alpha value is -4.95. The molecule has 0 atom stereocenters. The van der Waals surface area contributed by atoms with Crippen LogP contribution in [0.2, 0.25) is 0 Å². The summed E-state index contributed by atoms with van der Waals surface area (Å²) in [5, 5.41) is 2.50. The maximum atomic E-state index is 14.1. The van der Waals surface area contributed by atoms with Gasteiger partial charge in [0.2, 0.25) is 0 Å². The van der Waals surface area contributed by atoms with Crippen LogP contribution >= 0.6 is 0 Å². The van der Waals surface area contributed by atoms with Gasteiger partial charge in [-0.15, -0.1) is 26.3 Å². The van der Waals surface area contributed by atoms with E-state index in [1.807, 2.05) is 0 Å². The number of halogens is 10. The molecule has 0 bridgehead atoms. The molecule has 0 saturated heterocycles. The first kappa shape index (κ1) is 33.9. The van der Waals surface area contributed by atoms with Gasteiger partial charge in [-0.25, -0.2) is 4.39 Å². The Balaban J connectivity index is 2.01. The molecule has 0 aromatic heterocycles. The second kappa shape index (κ2) is 12.8. The summed E-state index contributed by atoms with van der Waals surface area (Å²) in [6, 6.07) is 15.7. The van der Waals surface area contributed by atoms with E-state index in [9.17, 15) is 48.7 Å². The van der Waals surface area contributed by atoms with Gasteiger partial charge in [-0.05, 0) is 65.2 Å². The highest BCUT2D eigenvalue weighted by Crippen LogP contribution is 2.40. The minimum Gasteiger partial charge on any atom is -0.496 e. The van der Waals surface area contributed by atoms with Gasteiger partial charge in [0.25, 0.3) is 5.91 Å². The van der Waals surface area contributed by atoms with E-state index in [1.165, 1.54) is 37.4 Å². The summed E-state index contributed by atoms with van der Waals surface area (Å²) in [5.74, 6) is -4.35. The molecule has 4 aromatic rings. The standard InChI is InChI=1S/C31H21F10NO4/c1-44-26-11-3-2-6-19(26)17-28(20-7-4-9-22(15-20)45-30(36,37)38,21-8-5-10-23(16-21)46-31(39,40)41)42-27(43)18-12-13-25(32)24(14-18)29(33,34)35/h2-16H,17H2,1H3,(H,42,43). The number of methoxy groups -OCH3 is 1. The lowest BCUT2D eigenvalue weighted by Crippen LogP contribution is -2.48. The molecule has 0 fully saturated rings. The van der Waals surface area contributed by atoms with Crippen LogP contribution in [0.5, 0.6) is 17.2 Å². The van der Waals surface area contributed by atoms with Crippen LogP contribution in [-0.4, -0.2) is 25.7 Å². The maximum absolute atomic E-state index is 14.1. The van der Waals surface area contributed by atoms with Crippen molar-refractivity contribution < 1.29 is 62.9 Å². The molecule has 0 heterocycles. The van der Waals surface area contributed by atoms with Crippen LogP contribution in [0.4, 0.5) is 43.9 Å². The first-order chi connectivity index (χ1) is 21.4. The van der Waals surface area contributed by atoms with Crippen molar-refractivity contribution >= 4 is 5.91 Å². The fourth-order valence-corrected chi connectivity index (χ4v) is 4.76. The van der Waals surface area contributed by atoms with E-state index in [-0.39, 0.29) is 28.5 Å².